The highest BCUT2D eigenvalue weighted by atomic mass is 35.5. The molecule has 1 aliphatic heterocycles. The van der Waals surface area contributed by atoms with Crippen LogP contribution in [0.25, 0.3) is 0 Å². The van der Waals surface area contributed by atoms with Crippen LogP contribution in [0.2, 0.25) is 0 Å². The smallest absolute Gasteiger partial charge is 0.213 e. The average molecular weight is 152 g/mol. The molecule has 1 aliphatic rings. The zero-order valence-corrected chi connectivity index (χ0v) is 5.32. The van der Waals surface area contributed by atoms with Crippen LogP contribution in [0.1, 0.15) is 0 Å². The van der Waals surface area contributed by atoms with Crippen molar-refractivity contribution in [2.24, 2.45) is 10.1 Å². The lowest BCUT2D eigenvalue weighted by Crippen LogP contribution is -2.19. The molecule has 1 rings (SSSR count). The van der Waals surface area contributed by atoms with Gasteiger partial charge in [0.25, 0.3) is 0 Å². The molecule has 5 heteroatoms. The maximum atomic E-state index is 5.45. The molecular weight excluding hydrogens is 149 g/mol. The molecule has 0 aliphatic carbocycles. The molecular formula is C3H3Cl2N3. The van der Waals surface area contributed by atoms with Crippen molar-refractivity contribution in [3.8, 4) is 0 Å². The molecule has 0 aromatic heterocycles. The van der Waals surface area contributed by atoms with Gasteiger partial charge in [-0.05, 0) is 11.6 Å². The molecule has 1 N–H and O–H groups in total. The maximum absolute atomic E-state index is 5.45. The van der Waals surface area contributed by atoms with Gasteiger partial charge < -0.3 is 0 Å². The molecule has 0 amide bonds. The lowest BCUT2D eigenvalue weighted by Gasteiger charge is -2.03. The van der Waals surface area contributed by atoms with Crippen molar-refractivity contribution in [3.63, 3.8) is 0 Å². The quantitative estimate of drug-likeness (QED) is 0.403. The van der Waals surface area contributed by atoms with Gasteiger partial charge in [0.05, 0.1) is 6.21 Å². The fourth-order valence-electron chi connectivity index (χ4n) is 0.323. The van der Waals surface area contributed by atoms with E-state index in [2.05, 4.69) is 15.5 Å². The molecule has 1 unspecified atom stereocenters. The molecule has 1 heterocycles. The van der Waals surface area contributed by atoms with Crippen LogP contribution >= 0.6 is 23.2 Å². The number of halogens is 2. The zero-order chi connectivity index (χ0) is 5.98. The Hall–Kier alpha value is -0.280. The standard InChI is InChI=1S/C3H3Cl2N3/c4-2-1-6-8-3(5)7-2/h1-2H,(H,7,8). The minimum Gasteiger partial charge on any atom is -0.252 e. The van der Waals surface area contributed by atoms with Gasteiger partial charge in [0, 0.05) is 0 Å². The lowest BCUT2D eigenvalue weighted by atomic mass is 10.7. The first kappa shape index (κ1) is 5.85. The van der Waals surface area contributed by atoms with Gasteiger partial charge in [0.15, 0.2) is 5.50 Å². The van der Waals surface area contributed by atoms with Crippen LogP contribution in [0.3, 0.4) is 0 Å². The van der Waals surface area contributed by atoms with Crippen LogP contribution in [-0.2, 0) is 0 Å². The third-order valence-corrected chi connectivity index (χ3v) is 0.983. The Morgan fingerprint density at radius 1 is 1.75 bits per heavy atom. The van der Waals surface area contributed by atoms with E-state index in [1.165, 1.54) is 6.21 Å². The third-order valence-electron chi connectivity index (χ3n) is 0.591. The summed E-state index contributed by atoms with van der Waals surface area (Å²) in [6, 6.07) is 0. The SMILES string of the molecule is ClC1=NC(Cl)C=NN1. The number of amidine groups is 1. The van der Waals surface area contributed by atoms with Crippen molar-refractivity contribution < 1.29 is 0 Å². The van der Waals surface area contributed by atoms with Crippen molar-refractivity contribution >= 4 is 34.7 Å². The molecule has 8 heavy (non-hydrogen) atoms. The summed E-state index contributed by atoms with van der Waals surface area (Å²) in [4.78, 5) is 3.67. The Bertz CT molecular complexity index is 141. The minimum atomic E-state index is -0.413. The molecule has 0 saturated carbocycles. The van der Waals surface area contributed by atoms with Crippen molar-refractivity contribution in [2.75, 3.05) is 0 Å². The first-order chi connectivity index (χ1) is 3.79. The summed E-state index contributed by atoms with van der Waals surface area (Å²) in [5.74, 6) is 0. The number of aliphatic imine (C=N–C) groups is 1. The van der Waals surface area contributed by atoms with Crippen LogP contribution in [0.5, 0.6) is 0 Å². The fourth-order valence-corrected chi connectivity index (χ4v) is 0.680. The summed E-state index contributed by atoms with van der Waals surface area (Å²) in [5.41, 5.74) is 2.00. The predicted octanol–water partition coefficient (Wildman–Crippen LogP) is 0.735. The highest BCUT2D eigenvalue weighted by Gasteiger charge is 2.02. The van der Waals surface area contributed by atoms with E-state index in [1.807, 2.05) is 0 Å². The van der Waals surface area contributed by atoms with Crippen LogP contribution in [-0.4, -0.2) is 17.0 Å². The maximum Gasteiger partial charge on any atom is 0.213 e. The van der Waals surface area contributed by atoms with Crippen LogP contribution in [0, 0.1) is 0 Å². The molecule has 0 saturated heterocycles. The highest BCUT2D eigenvalue weighted by molar-refractivity contribution is 6.65. The fraction of sp³-hybridized carbons (Fsp3) is 0.333. The van der Waals surface area contributed by atoms with Gasteiger partial charge in [-0.3, -0.25) is 5.43 Å². The molecule has 44 valence electrons. The number of nitrogens with zero attached hydrogens (tertiary/aromatic N) is 2. The molecule has 0 aromatic carbocycles. The van der Waals surface area contributed by atoms with E-state index < -0.39 is 5.50 Å². The first-order valence-corrected chi connectivity index (χ1v) is 2.77. The number of hydrogen-bond donors (Lipinski definition) is 1. The van der Waals surface area contributed by atoms with Crippen LogP contribution < -0.4 is 5.43 Å². The molecule has 3 nitrogen and oxygen atoms in total. The van der Waals surface area contributed by atoms with Crippen molar-refractivity contribution in [2.45, 2.75) is 5.50 Å². The van der Waals surface area contributed by atoms with Crippen LogP contribution in [0.4, 0.5) is 0 Å². The zero-order valence-electron chi connectivity index (χ0n) is 3.81. The normalized spacial score (nSPS) is 26.8. The van der Waals surface area contributed by atoms with Crippen LogP contribution in [0.15, 0.2) is 10.1 Å². The monoisotopic (exact) mass is 151 g/mol. The predicted molar refractivity (Wildman–Crippen MR) is 34.6 cm³/mol. The van der Waals surface area contributed by atoms with E-state index in [9.17, 15) is 0 Å². The topological polar surface area (TPSA) is 36.8 Å². The summed E-state index contributed by atoms with van der Waals surface area (Å²) in [7, 11) is 0. The van der Waals surface area contributed by atoms with Crippen molar-refractivity contribution in [1.29, 1.82) is 0 Å². The van der Waals surface area contributed by atoms with E-state index in [0.717, 1.165) is 0 Å². The van der Waals surface area contributed by atoms with Gasteiger partial charge in [0.2, 0.25) is 5.29 Å². The number of hydrogen-bond acceptors (Lipinski definition) is 3. The Morgan fingerprint density at radius 2 is 2.50 bits per heavy atom. The third kappa shape index (κ3) is 1.35. The number of rotatable bonds is 0. The Kier molecular flexibility index (Phi) is 1.70. The summed E-state index contributed by atoms with van der Waals surface area (Å²) in [6.07, 6.45) is 1.45. The van der Waals surface area contributed by atoms with Gasteiger partial charge in [0.1, 0.15) is 0 Å². The summed E-state index contributed by atoms with van der Waals surface area (Å²) >= 11 is 10.8. The highest BCUT2D eigenvalue weighted by Crippen LogP contribution is 1.99. The summed E-state index contributed by atoms with van der Waals surface area (Å²) < 4.78 is 0. The second-order valence-electron chi connectivity index (χ2n) is 1.18. The largest absolute Gasteiger partial charge is 0.252 e. The van der Waals surface area contributed by atoms with E-state index in [-0.39, 0.29) is 5.29 Å². The Morgan fingerprint density at radius 3 is 2.88 bits per heavy atom. The first-order valence-electron chi connectivity index (χ1n) is 1.95. The van der Waals surface area contributed by atoms with E-state index >= 15 is 0 Å². The van der Waals surface area contributed by atoms with E-state index in [4.69, 9.17) is 23.2 Å². The second-order valence-corrected chi connectivity index (χ2v) is 1.99. The second kappa shape index (κ2) is 2.33. The summed E-state index contributed by atoms with van der Waals surface area (Å²) in [6.45, 7) is 0. The minimum absolute atomic E-state index is 0.229. The van der Waals surface area contributed by atoms with Gasteiger partial charge in [-0.2, -0.15) is 5.10 Å². The number of hydrazone groups is 1. The Labute approximate surface area is 56.4 Å². The Balaban J connectivity index is 2.60. The number of alkyl halides is 1. The molecule has 0 aromatic rings. The number of nitrogens with one attached hydrogen (secondary N) is 1. The van der Waals surface area contributed by atoms with Gasteiger partial charge in [-0.15, -0.1) is 0 Å². The van der Waals surface area contributed by atoms with Gasteiger partial charge in [-0.25, -0.2) is 4.99 Å². The van der Waals surface area contributed by atoms with Gasteiger partial charge >= 0.3 is 0 Å². The van der Waals surface area contributed by atoms with Crippen molar-refractivity contribution in [1.82, 2.24) is 5.43 Å². The van der Waals surface area contributed by atoms with E-state index in [0.29, 0.717) is 0 Å². The molecule has 0 spiro atoms. The molecule has 1 atom stereocenters. The van der Waals surface area contributed by atoms with Crippen molar-refractivity contribution in [3.05, 3.63) is 0 Å². The molecule has 0 fully saturated rings. The lowest BCUT2D eigenvalue weighted by molar-refractivity contribution is 0.983. The average Bonchev–Trinajstić information content (AvgIpc) is 1.64. The summed E-state index contributed by atoms with van der Waals surface area (Å²) in [5, 5.41) is 3.80. The molecule has 0 radical (unpaired) electrons. The van der Waals surface area contributed by atoms with Gasteiger partial charge in [-0.1, -0.05) is 11.6 Å². The molecule has 0 bridgehead atoms. The van der Waals surface area contributed by atoms with E-state index in [1.54, 1.807) is 0 Å².